The fourth-order valence-electron chi connectivity index (χ4n) is 3.98. The summed E-state index contributed by atoms with van der Waals surface area (Å²) in [5, 5.41) is 19.6. The van der Waals surface area contributed by atoms with Crippen molar-refractivity contribution in [3.05, 3.63) is 72.3 Å². The third-order valence-corrected chi connectivity index (χ3v) is 8.75. The molecule has 0 saturated carbocycles. The van der Waals surface area contributed by atoms with E-state index in [1.807, 2.05) is 6.07 Å². The molecule has 0 atom stereocenters. The summed E-state index contributed by atoms with van der Waals surface area (Å²) in [7, 11) is -9.26. The molecule has 188 valence electrons. The van der Waals surface area contributed by atoms with E-state index in [0.717, 1.165) is 23.0 Å². The maximum absolute atomic E-state index is 12.2. The molecular weight excluding hydrogens is 538 g/mol. The lowest BCUT2D eigenvalue weighted by Gasteiger charge is -2.08. The average molecular weight is 556 g/mol. The van der Waals surface area contributed by atoms with Crippen LogP contribution in [0.2, 0.25) is 0 Å². The third-order valence-electron chi connectivity index (χ3n) is 5.57. The first-order valence-electron chi connectivity index (χ1n) is 10.6. The van der Waals surface area contributed by atoms with E-state index in [0.29, 0.717) is 5.01 Å². The zero-order valence-corrected chi connectivity index (χ0v) is 21.3. The van der Waals surface area contributed by atoms with Gasteiger partial charge in [-0.15, -0.1) is 21.6 Å². The van der Waals surface area contributed by atoms with Crippen LogP contribution in [-0.2, 0) is 20.2 Å². The van der Waals surface area contributed by atoms with E-state index in [-0.39, 0.29) is 48.6 Å². The molecule has 4 aromatic carbocycles. The van der Waals surface area contributed by atoms with E-state index < -0.39 is 25.1 Å². The number of azo groups is 1. The quantitative estimate of drug-likeness (QED) is 0.174. The van der Waals surface area contributed by atoms with Crippen LogP contribution < -0.4 is 0 Å². The molecule has 0 aliphatic heterocycles. The largest absolute Gasteiger partial charge is 0.505 e. The normalized spacial score (nSPS) is 12.6. The lowest BCUT2D eigenvalue weighted by Crippen LogP contribution is -2.01. The van der Waals surface area contributed by atoms with Crippen molar-refractivity contribution in [3.8, 4) is 16.3 Å². The summed E-state index contributed by atoms with van der Waals surface area (Å²) in [4.78, 5) is 3.77. The van der Waals surface area contributed by atoms with Crippen molar-refractivity contribution in [1.82, 2.24) is 4.98 Å². The van der Waals surface area contributed by atoms with Gasteiger partial charge in [0.15, 0.2) is 5.75 Å². The topological polar surface area (TPSA) is 167 Å². The standard InChI is InChI=1S/C24H17N3O7S3/c1-13-11-17(20-22(23(13)37(32,33)34)35-24(25-20)14-7-3-2-4-8-14)26-27-18-12-19(36(29,30)31)15-9-5-6-10-16(15)21(18)28/h2-12,28H,1H3,(H,29,30,31)(H,32,33,34). The molecule has 1 heterocycles. The van der Waals surface area contributed by atoms with Gasteiger partial charge in [-0.2, -0.15) is 16.8 Å². The molecular formula is C24H17N3O7S3. The minimum atomic E-state index is -4.66. The highest BCUT2D eigenvalue weighted by atomic mass is 32.2. The maximum Gasteiger partial charge on any atom is 0.296 e. The Morgan fingerprint density at radius 3 is 2.08 bits per heavy atom. The number of fused-ring (bicyclic) bond motifs is 2. The highest BCUT2D eigenvalue weighted by Gasteiger charge is 2.24. The van der Waals surface area contributed by atoms with Gasteiger partial charge in [0.2, 0.25) is 0 Å². The highest BCUT2D eigenvalue weighted by molar-refractivity contribution is 7.86. The van der Waals surface area contributed by atoms with Crippen LogP contribution in [0, 0.1) is 6.92 Å². The molecule has 0 bridgehead atoms. The monoisotopic (exact) mass is 555 g/mol. The van der Waals surface area contributed by atoms with E-state index in [4.69, 9.17) is 0 Å². The van der Waals surface area contributed by atoms with Gasteiger partial charge in [-0.1, -0.05) is 54.6 Å². The Morgan fingerprint density at radius 2 is 1.43 bits per heavy atom. The van der Waals surface area contributed by atoms with E-state index in [1.54, 1.807) is 36.4 Å². The van der Waals surface area contributed by atoms with Crippen LogP contribution in [0.5, 0.6) is 5.75 Å². The number of nitrogens with zero attached hydrogens (tertiary/aromatic N) is 3. The van der Waals surface area contributed by atoms with Crippen molar-refractivity contribution in [2.75, 3.05) is 0 Å². The first kappa shape index (κ1) is 24.9. The molecule has 0 saturated heterocycles. The first-order chi connectivity index (χ1) is 17.4. The molecule has 0 amide bonds. The predicted molar refractivity (Wildman–Crippen MR) is 139 cm³/mol. The van der Waals surface area contributed by atoms with Crippen LogP contribution in [0.4, 0.5) is 11.4 Å². The van der Waals surface area contributed by atoms with Gasteiger partial charge in [0.25, 0.3) is 20.2 Å². The van der Waals surface area contributed by atoms with Gasteiger partial charge >= 0.3 is 0 Å². The van der Waals surface area contributed by atoms with Crippen LogP contribution in [0.25, 0.3) is 31.6 Å². The summed E-state index contributed by atoms with van der Waals surface area (Å²) in [5.41, 5.74) is 0.930. The SMILES string of the molecule is Cc1cc(N=Nc2cc(S(=O)(=O)O)c3ccccc3c2O)c2nc(-c3ccccc3)sc2c1S(=O)(=O)O. The van der Waals surface area contributed by atoms with Gasteiger partial charge in [0, 0.05) is 16.3 Å². The van der Waals surface area contributed by atoms with Gasteiger partial charge < -0.3 is 5.11 Å². The smallest absolute Gasteiger partial charge is 0.296 e. The summed E-state index contributed by atoms with van der Waals surface area (Å²) in [5.74, 6) is -0.363. The van der Waals surface area contributed by atoms with Crippen molar-refractivity contribution in [2.45, 2.75) is 16.7 Å². The number of rotatable bonds is 5. The number of hydrogen-bond donors (Lipinski definition) is 3. The molecule has 0 spiro atoms. The summed E-state index contributed by atoms with van der Waals surface area (Å²) < 4.78 is 68.1. The molecule has 3 N–H and O–H groups in total. The fraction of sp³-hybridized carbons (Fsp3) is 0.0417. The maximum atomic E-state index is 12.2. The second-order valence-corrected chi connectivity index (χ2v) is 11.8. The second kappa shape index (κ2) is 8.97. The van der Waals surface area contributed by atoms with Gasteiger partial charge in [0.05, 0.1) is 4.70 Å². The van der Waals surface area contributed by atoms with Crippen molar-refractivity contribution >= 4 is 63.9 Å². The van der Waals surface area contributed by atoms with Crippen molar-refractivity contribution in [1.29, 1.82) is 0 Å². The Bertz CT molecular complexity index is 1950. The molecule has 0 aliphatic carbocycles. The van der Waals surface area contributed by atoms with Crippen LogP contribution >= 0.6 is 11.3 Å². The van der Waals surface area contributed by atoms with Crippen molar-refractivity contribution in [3.63, 3.8) is 0 Å². The minimum absolute atomic E-state index is 0.101. The van der Waals surface area contributed by atoms with Gasteiger partial charge in [-0.3, -0.25) is 9.11 Å². The number of aromatic nitrogens is 1. The number of phenols is 1. The predicted octanol–water partition coefficient (Wildman–Crippen LogP) is 6.04. The zero-order valence-electron chi connectivity index (χ0n) is 18.9. The van der Waals surface area contributed by atoms with Crippen LogP contribution in [0.1, 0.15) is 5.56 Å². The van der Waals surface area contributed by atoms with E-state index >= 15 is 0 Å². The first-order valence-corrected chi connectivity index (χ1v) is 14.3. The van der Waals surface area contributed by atoms with E-state index in [9.17, 15) is 31.0 Å². The minimum Gasteiger partial charge on any atom is -0.505 e. The van der Waals surface area contributed by atoms with Crippen molar-refractivity contribution in [2.24, 2.45) is 10.2 Å². The highest BCUT2D eigenvalue weighted by Crippen LogP contribution is 2.43. The molecule has 0 unspecified atom stereocenters. The van der Waals surface area contributed by atoms with Crippen LogP contribution in [0.15, 0.2) is 86.7 Å². The molecule has 0 aliphatic rings. The van der Waals surface area contributed by atoms with Crippen LogP contribution in [-0.4, -0.2) is 36.0 Å². The van der Waals surface area contributed by atoms with E-state index in [2.05, 4.69) is 15.2 Å². The summed E-state index contributed by atoms with van der Waals surface area (Å²) in [6.07, 6.45) is 0. The Hall–Kier alpha value is -3.75. The summed E-state index contributed by atoms with van der Waals surface area (Å²) in [6, 6.07) is 17.4. The number of benzene rings is 4. The lowest BCUT2D eigenvalue weighted by atomic mass is 10.1. The van der Waals surface area contributed by atoms with Gasteiger partial charge in [0.1, 0.15) is 31.7 Å². The number of hydrogen-bond acceptors (Lipinski definition) is 9. The molecule has 0 radical (unpaired) electrons. The number of thiazole rings is 1. The summed E-state index contributed by atoms with van der Waals surface area (Å²) >= 11 is 1.05. The van der Waals surface area contributed by atoms with Crippen LogP contribution in [0.3, 0.4) is 0 Å². The lowest BCUT2D eigenvalue weighted by molar-refractivity contribution is 0.479. The number of phenolic OH excluding ortho intramolecular Hbond substituents is 1. The van der Waals surface area contributed by atoms with E-state index in [1.165, 1.54) is 25.1 Å². The number of aromatic hydroxyl groups is 1. The molecule has 13 heteroatoms. The average Bonchev–Trinajstić information content (AvgIpc) is 3.27. The molecule has 37 heavy (non-hydrogen) atoms. The third kappa shape index (κ3) is 4.58. The van der Waals surface area contributed by atoms with Gasteiger partial charge in [-0.25, -0.2) is 4.98 Å². The number of aryl methyl sites for hydroxylation is 1. The molecule has 10 nitrogen and oxygen atoms in total. The Balaban J connectivity index is 1.75. The Kier molecular flexibility index (Phi) is 6.04. The Morgan fingerprint density at radius 1 is 0.811 bits per heavy atom. The molecule has 5 aromatic rings. The molecule has 5 rings (SSSR count). The van der Waals surface area contributed by atoms with Crippen molar-refractivity contribution < 1.29 is 31.0 Å². The summed E-state index contributed by atoms with van der Waals surface area (Å²) in [6.45, 7) is 1.48. The molecule has 0 fully saturated rings. The molecule has 1 aromatic heterocycles. The zero-order chi connectivity index (χ0) is 26.5. The van der Waals surface area contributed by atoms with Gasteiger partial charge in [-0.05, 0) is 24.6 Å². The fourth-order valence-corrected chi connectivity index (χ4v) is 7.02. The Labute approximate surface area is 215 Å². The second-order valence-electron chi connectivity index (χ2n) is 8.04.